The van der Waals surface area contributed by atoms with Crippen molar-refractivity contribution in [3.05, 3.63) is 23.8 Å². The topological polar surface area (TPSA) is 84.8 Å². The van der Waals surface area contributed by atoms with E-state index in [0.29, 0.717) is 24.7 Å². The molecule has 2 saturated heterocycles. The molecule has 2 aliphatic heterocycles. The third-order valence-corrected chi connectivity index (χ3v) is 5.03. The summed E-state index contributed by atoms with van der Waals surface area (Å²) in [5, 5.41) is 10.5. The summed E-state index contributed by atoms with van der Waals surface area (Å²) in [6.45, 7) is 2.95. The minimum Gasteiger partial charge on any atom is -0.493 e. The molecule has 2 aliphatic rings. The summed E-state index contributed by atoms with van der Waals surface area (Å²) in [5.41, 5.74) is 0.811. The van der Waals surface area contributed by atoms with E-state index in [1.165, 1.54) is 7.11 Å². The van der Waals surface area contributed by atoms with E-state index in [2.05, 4.69) is 6.92 Å². The van der Waals surface area contributed by atoms with Crippen LogP contribution in [0.5, 0.6) is 11.5 Å². The number of aliphatic hydroxyl groups is 1. The summed E-state index contributed by atoms with van der Waals surface area (Å²) in [6, 6.07) is 5.50. The monoisotopic (exact) mass is 398 g/mol. The Kier molecular flexibility index (Phi) is 7.50. The van der Waals surface area contributed by atoms with Crippen LogP contribution in [0.3, 0.4) is 0 Å². The lowest BCUT2D eigenvalue weighted by atomic mass is 10.1. The molecule has 1 aromatic carbocycles. The number of unbranched alkanes of at least 4 members (excludes halogenated alkanes) is 1. The molecule has 1 aromatic rings. The van der Waals surface area contributed by atoms with Crippen LogP contribution >= 0.6 is 0 Å². The number of hydrogen-bond donors (Lipinski definition) is 1. The molecule has 2 unspecified atom stereocenters. The lowest BCUT2D eigenvalue weighted by molar-refractivity contribution is -0.169. The van der Waals surface area contributed by atoms with Crippen LogP contribution in [0.1, 0.15) is 31.6 Å². The van der Waals surface area contributed by atoms with E-state index in [0.717, 1.165) is 18.4 Å². The van der Waals surface area contributed by atoms with E-state index >= 15 is 0 Å². The first-order chi connectivity index (χ1) is 13.6. The Morgan fingerprint density at radius 2 is 1.89 bits per heavy atom. The highest BCUT2D eigenvalue weighted by Gasteiger charge is 2.50. The molecule has 3 rings (SSSR count). The first-order valence-electron chi connectivity index (χ1n) is 9.59. The maximum atomic E-state index is 10.5. The average molecular weight is 398 g/mol. The van der Waals surface area contributed by atoms with Crippen molar-refractivity contribution in [1.82, 2.24) is 0 Å². The van der Waals surface area contributed by atoms with Crippen LogP contribution in [0.15, 0.2) is 18.2 Å². The van der Waals surface area contributed by atoms with Crippen LogP contribution in [0.2, 0.25) is 0 Å². The summed E-state index contributed by atoms with van der Waals surface area (Å²) in [7, 11) is 4.67. The van der Waals surface area contributed by atoms with Crippen molar-refractivity contribution < 1.29 is 38.3 Å². The van der Waals surface area contributed by atoms with Gasteiger partial charge in [-0.05, 0) is 18.6 Å². The van der Waals surface area contributed by atoms with Gasteiger partial charge in [-0.1, -0.05) is 19.4 Å². The Balaban J connectivity index is 1.69. The fourth-order valence-corrected chi connectivity index (χ4v) is 3.48. The van der Waals surface area contributed by atoms with E-state index in [9.17, 15) is 5.11 Å². The van der Waals surface area contributed by atoms with Crippen molar-refractivity contribution in [2.24, 2.45) is 0 Å². The molecule has 0 spiro atoms. The number of methoxy groups -OCH3 is 3. The zero-order valence-electron chi connectivity index (χ0n) is 16.8. The smallest absolute Gasteiger partial charge is 0.186 e. The molecule has 6 atom stereocenters. The predicted molar refractivity (Wildman–Crippen MR) is 99.4 cm³/mol. The molecule has 8 nitrogen and oxygen atoms in total. The lowest BCUT2D eigenvalue weighted by Gasteiger charge is -2.24. The van der Waals surface area contributed by atoms with Gasteiger partial charge in [-0.15, -0.1) is 0 Å². The molecule has 2 fully saturated rings. The molecule has 0 aliphatic carbocycles. The van der Waals surface area contributed by atoms with Crippen molar-refractivity contribution in [2.45, 2.75) is 56.8 Å². The van der Waals surface area contributed by atoms with Crippen LogP contribution < -0.4 is 9.47 Å². The number of ether oxygens (including phenoxy) is 7. The van der Waals surface area contributed by atoms with Crippen LogP contribution in [0.4, 0.5) is 0 Å². The van der Waals surface area contributed by atoms with Gasteiger partial charge in [-0.25, -0.2) is 0 Å². The van der Waals surface area contributed by atoms with Gasteiger partial charge in [-0.2, -0.15) is 0 Å². The minimum atomic E-state index is -0.879. The molecule has 158 valence electrons. The average Bonchev–Trinajstić information content (AvgIpc) is 3.33. The largest absolute Gasteiger partial charge is 0.493 e. The standard InChI is InChI=1S/C20H30O8/c1-5-6-9-25-18-16(21)20(24-4)28-17(18)15-11-26-19(27-15)12-7-8-13(22-2)14(10-12)23-3/h7-8,10,15-21H,5-6,9,11H2,1-4H3/t15?,16-,17-,18-,19?,20+/m1/s1. The normalized spacial score (nSPS) is 32.6. The summed E-state index contributed by atoms with van der Waals surface area (Å²) >= 11 is 0. The molecular weight excluding hydrogens is 368 g/mol. The van der Waals surface area contributed by atoms with Gasteiger partial charge in [0.15, 0.2) is 24.1 Å². The minimum absolute atomic E-state index is 0.320. The Labute approximate surface area is 165 Å². The SMILES string of the molecule is CCCCO[C@@H]1[C@@H](O)[C@@H](OC)O[C@@H]1C1COC(c2ccc(OC)c(OC)c2)O1. The molecule has 0 amide bonds. The number of hydrogen-bond acceptors (Lipinski definition) is 8. The van der Waals surface area contributed by atoms with Gasteiger partial charge in [0.2, 0.25) is 0 Å². The van der Waals surface area contributed by atoms with Gasteiger partial charge >= 0.3 is 0 Å². The maximum Gasteiger partial charge on any atom is 0.186 e. The number of rotatable bonds is 9. The Morgan fingerprint density at radius 1 is 1.11 bits per heavy atom. The van der Waals surface area contributed by atoms with Crippen molar-refractivity contribution in [2.75, 3.05) is 34.5 Å². The lowest BCUT2D eigenvalue weighted by Crippen LogP contribution is -2.42. The molecule has 28 heavy (non-hydrogen) atoms. The fourth-order valence-electron chi connectivity index (χ4n) is 3.48. The van der Waals surface area contributed by atoms with Crippen LogP contribution in [0, 0.1) is 0 Å². The summed E-state index contributed by atoms with van der Waals surface area (Å²) in [5.74, 6) is 1.23. The zero-order valence-corrected chi connectivity index (χ0v) is 16.8. The molecule has 0 saturated carbocycles. The molecule has 0 radical (unpaired) electrons. The molecule has 1 N–H and O–H groups in total. The van der Waals surface area contributed by atoms with Gasteiger partial charge in [0, 0.05) is 19.3 Å². The summed E-state index contributed by atoms with van der Waals surface area (Å²) in [4.78, 5) is 0. The van der Waals surface area contributed by atoms with E-state index in [1.807, 2.05) is 18.2 Å². The second-order valence-corrected chi connectivity index (χ2v) is 6.84. The highest BCUT2D eigenvalue weighted by Crippen LogP contribution is 2.37. The fraction of sp³-hybridized carbons (Fsp3) is 0.700. The van der Waals surface area contributed by atoms with Crippen molar-refractivity contribution in [3.8, 4) is 11.5 Å². The molecule has 0 aromatic heterocycles. The summed E-state index contributed by atoms with van der Waals surface area (Å²) < 4.78 is 39.5. The molecular formula is C20H30O8. The van der Waals surface area contributed by atoms with E-state index in [-0.39, 0.29) is 6.10 Å². The maximum absolute atomic E-state index is 10.5. The molecule has 8 heteroatoms. The van der Waals surface area contributed by atoms with E-state index in [1.54, 1.807) is 14.2 Å². The second kappa shape index (κ2) is 9.87. The van der Waals surface area contributed by atoms with Gasteiger partial charge < -0.3 is 38.3 Å². The van der Waals surface area contributed by atoms with Crippen LogP contribution in [-0.2, 0) is 23.7 Å². The molecule has 0 bridgehead atoms. The van der Waals surface area contributed by atoms with Gasteiger partial charge in [0.25, 0.3) is 0 Å². The van der Waals surface area contributed by atoms with E-state index < -0.39 is 30.9 Å². The van der Waals surface area contributed by atoms with Gasteiger partial charge in [-0.3, -0.25) is 0 Å². The highest BCUT2D eigenvalue weighted by molar-refractivity contribution is 5.43. The third-order valence-electron chi connectivity index (χ3n) is 5.03. The third kappa shape index (κ3) is 4.42. The first kappa shape index (κ1) is 21.3. The Bertz CT molecular complexity index is 624. The Morgan fingerprint density at radius 3 is 2.57 bits per heavy atom. The quantitative estimate of drug-likeness (QED) is 0.633. The highest BCUT2D eigenvalue weighted by atomic mass is 16.8. The van der Waals surface area contributed by atoms with Crippen LogP contribution in [-0.4, -0.2) is 70.4 Å². The zero-order chi connectivity index (χ0) is 20.1. The van der Waals surface area contributed by atoms with Crippen molar-refractivity contribution >= 4 is 0 Å². The van der Waals surface area contributed by atoms with Crippen molar-refractivity contribution in [3.63, 3.8) is 0 Å². The van der Waals surface area contributed by atoms with Crippen LogP contribution in [0.25, 0.3) is 0 Å². The van der Waals surface area contributed by atoms with Gasteiger partial charge in [0.05, 0.1) is 20.8 Å². The first-order valence-corrected chi connectivity index (χ1v) is 9.59. The van der Waals surface area contributed by atoms with Gasteiger partial charge in [0.1, 0.15) is 24.4 Å². The number of benzene rings is 1. The summed E-state index contributed by atoms with van der Waals surface area (Å²) in [6.07, 6.45) is -1.69. The second-order valence-electron chi connectivity index (χ2n) is 6.84. The number of aliphatic hydroxyl groups excluding tert-OH is 1. The Hall–Kier alpha value is -1.42. The molecule has 2 heterocycles. The predicted octanol–water partition coefficient (Wildman–Crippen LogP) is 2.04. The van der Waals surface area contributed by atoms with E-state index in [4.69, 9.17) is 33.2 Å². The van der Waals surface area contributed by atoms with Crippen molar-refractivity contribution in [1.29, 1.82) is 0 Å².